The fourth-order valence-electron chi connectivity index (χ4n) is 3.24. The van der Waals surface area contributed by atoms with Crippen LogP contribution in [0.1, 0.15) is 51.1 Å². The highest BCUT2D eigenvalue weighted by Gasteiger charge is 2.32. The molecule has 1 atom stereocenters. The normalized spacial score (nSPS) is 18.7. The van der Waals surface area contributed by atoms with Gasteiger partial charge in [-0.3, -0.25) is 0 Å². The summed E-state index contributed by atoms with van der Waals surface area (Å²) in [5, 5.41) is 14.0. The van der Waals surface area contributed by atoms with Gasteiger partial charge in [-0.25, -0.2) is 0 Å². The Kier molecular flexibility index (Phi) is 5.69. The molecule has 3 nitrogen and oxygen atoms in total. The van der Waals surface area contributed by atoms with E-state index in [0.29, 0.717) is 12.6 Å². The van der Waals surface area contributed by atoms with Crippen molar-refractivity contribution in [3.05, 3.63) is 28.2 Å². The molecule has 0 spiro atoms. The van der Waals surface area contributed by atoms with E-state index in [-0.39, 0.29) is 0 Å². The lowest BCUT2D eigenvalue weighted by Gasteiger charge is -2.30. The minimum Gasteiger partial charge on any atom is -0.388 e. The highest BCUT2D eigenvalue weighted by atomic mass is 79.9. The molecule has 1 aromatic carbocycles. The Hall–Kier alpha value is -0.580. The monoisotopic (exact) mass is 354 g/mol. The molecule has 0 radical (unpaired) electrons. The summed E-state index contributed by atoms with van der Waals surface area (Å²) in [5.41, 5.74) is 1.92. The molecule has 1 saturated carbocycles. The molecular weight excluding hydrogens is 328 g/mol. The van der Waals surface area contributed by atoms with E-state index in [4.69, 9.17) is 0 Å². The molecule has 0 saturated heterocycles. The lowest BCUT2D eigenvalue weighted by atomic mass is 10.0. The molecule has 0 heterocycles. The Balaban J connectivity index is 2.08. The van der Waals surface area contributed by atoms with Crippen LogP contribution in [0.15, 0.2) is 22.7 Å². The van der Waals surface area contributed by atoms with Crippen molar-refractivity contribution in [3.63, 3.8) is 0 Å². The zero-order valence-corrected chi connectivity index (χ0v) is 14.9. The summed E-state index contributed by atoms with van der Waals surface area (Å²) >= 11 is 3.68. The molecule has 1 fully saturated rings. The van der Waals surface area contributed by atoms with Gasteiger partial charge in [-0.05, 0) is 44.0 Å². The molecule has 118 valence electrons. The fourth-order valence-corrected chi connectivity index (χ4v) is 3.95. The molecule has 4 heteroatoms. The third kappa shape index (κ3) is 4.21. The molecule has 1 unspecified atom stereocenters. The number of hydrogen-bond acceptors (Lipinski definition) is 3. The zero-order chi connectivity index (χ0) is 15.5. The Morgan fingerprint density at radius 3 is 2.62 bits per heavy atom. The molecule has 2 rings (SSSR count). The van der Waals surface area contributed by atoms with E-state index < -0.39 is 5.60 Å². The predicted molar refractivity (Wildman–Crippen MR) is 92.9 cm³/mol. The molecule has 21 heavy (non-hydrogen) atoms. The Morgan fingerprint density at radius 2 is 2.05 bits per heavy atom. The van der Waals surface area contributed by atoms with Gasteiger partial charge in [-0.1, -0.05) is 41.8 Å². The SMILES string of the molecule is CCNC(C)c1ccc(N(C)CC2(O)CCCC2)cc1Br. The molecule has 1 aromatic rings. The minimum absolute atomic E-state index is 0.336. The maximum atomic E-state index is 10.5. The van der Waals surface area contributed by atoms with Crippen molar-refractivity contribution in [1.82, 2.24) is 5.32 Å². The number of likely N-dealkylation sites (N-methyl/N-ethyl adjacent to an activating group) is 1. The second-order valence-corrected chi connectivity index (χ2v) is 7.13. The smallest absolute Gasteiger partial charge is 0.0821 e. The quantitative estimate of drug-likeness (QED) is 0.813. The number of aliphatic hydroxyl groups is 1. The summed E-state index contributed by atoms with van der Waals surface area (Å²) in [5.74, 6) is 0. The van der Waals surface area contributed by atoms with Crippen LogP contribution in [0.5, 0.6) is 0 Å². The van der Waals surface area contributed by atoms with Crippen molar-refractivity contribution in [2.24, 2.45) is 0 Å². The number of rotatable bonds is 6. The Bertz CT molecular complexity index is 472. The van der Waals surface area contributed by atoms with Crippen molar-refractivity contribution in [2.45, 2.75) is 51.2 Å². The number of nitrogens with one attached hydrogen (secondary N) is 1. The average Bonchev–Trinajstić information content (AvgIpc) is 2.85. The summed E-state index contributed by atoms with van der Waals surface area (Å²) in [7, 11) is 2.06. The zero-order valence-electron chi connectivity index (χ0n) is 13.3. The van der Waals surface area contributed by atoms with Crippen LogP contribution >= 0.6 is 15.9 Å². The summed E-state index contributed by atoms with van der Waals surface area (Å²) in [6.45, 7) is 5.97. The van der Waals surface area contributed by atoms with Gasteiger partial charge in [-0.15, -0.1) is 0 Å². The Morgan fingerprint density at radius 1 is 1.38 bits per heavy atom. The molecule has 1 aliphatic rings. The van der Waals surface area contributed by atoms with Crippen LogP contribution in [-0.4, -0.2) is 30.8 Å². The number of nitrogens with zero attached hydrogens (tertiary/aromatic N) is 1. The van der Waals surface area contributed by atoms with Gasteiger partial charge in [0, 0.05) is 29.8 Å². The maximum absolute atomic E-state index is 10.5. The lowest BCUT2D eigenvalue weighted by Crippen LogP contribution is -2.39. The molecule has 1 aliphatic carbocycles. The first-order valence-electron chi connectivity index (χ1n) is 7.91. The first-order valence-corrected chi connectivity index (χ1v) is 8.71. The van der Waals surface area contributed by atoms with E-state index >= 15 is 0 Å². The Labute approximate surface area is 136 Å². The van der Waals surface area contributed by atoms with E-state index in [0.717, 1.165) is 42.4 Å². The predicted octanol–water partition coefficient (Wildman–Crippen LogP) is 3.86. The van der Waals surface area contributed by atoms with E-state index in [1.54, 1.807) is 0 Å². The lowest BCUT2D eigenvalue weighted by molar-refractivity contribution is 0.0559. The number of hydrogen-bond donors (Lipinski definition) is 2. The van der Waals surface area contributed by atoms with Gasteiger partial charge in [0.1, 0.15) is 0 Å². The van der Waals surface area contributed by atoms with E-state index in [1.807, 2.05) is 0 Å². The van der Waals surface area contributed by atoms with Crippen LogP contribution in [0, 0.1) is 0 Å². The molecule has 0 aromatic heterocycles. The van der Waals surface area contributed by atoms with Gasteiger partial charge < -0.3 is 15.3 Å². The maximum Gasteiger partial charge on any atom is 0.0821 e. The first-order chi connectivity index (χ1) is 9.95. The van der Waals surface area contributed by atoms with Crippen molar-refractivity contribution in [2.75, 3.05) is 25.0 Å². The first kappa shape index (κ1) is 16.8. The van der Waals surface area contributed by atoms with Crippen molar-refractivity contribution < 1.29 is 5.11 Å². The highest BCUT2D eigenvalue weighted by Crippen LogP contribution is 2.33. The molecule has 0 aliphatic heterocycles. The van der Waals surface area contributed by atoms with Crippen molar-refractivity contribution in [1.29, 1.82) is 0 Å². The number of halogens is 1. The van der Waals surface area contributed by atoms with Gasteiger partial charge in [0.25, 0.3) is 0 Å². The minimum atomic E-state index is -0.503. The average molecular weight is 355 g/mol. The third-order valence-corrected chi connectivity index (χ3v) is 5.15. The van der Waals surface area contributed by atoms with Crippen LogP contribution in [0.4, 0.5) is 5.69 Å². The van der Waals surface area contributed by atoms with Crippen molar-refractivity contribution in [3.8, 4) is 0 Å². The summed E-state index contributed by atoms with van der Waals surface area (Å²) in [4.78, 5) is 2.16. The van der Waals surface area contributed by atoms with Crippen LogP contribution in [0.25, 0.3) is 0 Å². The second kappa shape index (κ2) is 7.12. The standard InChI is InChI=1S/C17H27BrN2O/c1-4-19-13(2)15-8-7-14(11-16(15)18)20(3)12-17(21)9-5-6-10-17/h7-8,11,13,19,21H,4-6,9-10,12H2,1-3H3. The third-order valence-electron chi connectivity index (χ3n) is 4.47. The van der Waals surface area contributed by atoms with Gasteiger partial charge in [0.15, 0.2) is 0 Å². The highest BCUT2D eigenvalue weighted by molar-refractivity contribution is 9.10. The largest absolute Gasteiger partial charge is 0.388 e. The summed E-state index contributed by atoms with van der Waals surface area (Å²) in [6, 6.07) is 6.80. The summed E-state index contributed by atoms with van der Waals surface area (Å²) in [6.07, 6.45) is 4.14. The van der Waals surface area contributed by atoms with Gasteiger partial charge in [0.2, 0.25) is 0 Å². The van der Waals surface area contributed by atoms with Crippen LogP contribution < -0.4 is 10.2 Å². The van der Waals surface area contributed by atoms with E-state index in [2.05, 4.69) is 65.2 Å². The molecule has 2 N–H and O–H groups in total. The topological polar surface area (TPSA) is 35.5 Å². The number of benzene rings is 1. The van der Waals surface area contributed by atoms with Gasteiger partial charge in [0.05, 0.1) is 5.60 Å². The molecule has 0 bridgehead atoms. The van der Waals surface area contributed by atoms with E-state index in [1.165, 1.54) is 5.56 Å². The second-order valence-electron chi connectivity index (χ2n) is 6.27. The summed E-state index contributed by atoms with van der Waals surface area (Å²) < 4.78 is 1.12. The number of anilines is 1. The van der Waals surface area contributed by atoms with Gasteiger partial charge >= 0.3 is 0 Å². The molecule has 0 amide bonds. The molecular formula is C17H27BrN2O. The van der Waals surface area contributed by atoms with Crippen molar-refractivity contribution >= 4 is 21.6 Å². The van der Waals surface area contributed by atoms with Crippen LogP contribution in [0.2, 0.25) is 0 Å². The van der Waals surface area contributed by atoms with E-state index in [9.17, 15) is 5.11 Å². The van der Waals surface area contributed by atoms with Crippen LogP contribution in [-0.2, 0) is 0 Å². The van der Waals surface area contributed by atoms with Gasteiger partial charge in [-0.2, -0.15) is 0 Å². The van der Waals surface area contributed by atoms with Crippen LogP contribution in [0.3, 0.4) is 0 Å². The fraction of sp³-hybridized carbons (Fsp3) is 0.647.